The number of aromatic amines is 1. The lowest BCUT2D eigenvalue weighted by Gasteiger charge is -2.16. The van der Waals surface area contributed by atoms with Crippen LogP contribution in [0.1, 0.15) is 36.1 Å². The van der Waals surface area contributed by atoms with Crippen LogP contribution in [0.5, 0.6) is 0 Å². The summed E-state index contributed by atoms with van der Waals surface area (Å²) < 4.78 is 4.81. The Bertz CT molecular complexity index is 610. The molecule has 2 aromatic heterocycles. The van der Waals surface area contributed by atoms with Crippen molar-refractivity contribution in [3.05, 3.63) is 16.8 Å². The first kappa shape index (κ1) is 13.5. The molecule has 2 aromatic rings. The summed E-state index contributed by atoms with van der Waals surface area (Å²) in [5.41, 5.74) is 6.94. The number of esters is 1. The molecule has 2 heterocycles. The van der Waals surface area contributed by atoms with E-state index in [1.807, 2.05) is 20.8 Å². The number of thiazole rings is 1. The van der Waals surface area contributed by atoms with Crippen molar-refractivity contribution in [2.75, 3.05) is 12.8 Å². The second kappa shape index (κ2) is 4.65. The Balaban J connectivity index is 2.58. The summed E-state index contributed by atoms with van der Waals surface area (Å²) in [4.78, 5) is 16.9. The minimum Gasteiger partial charge on any atom is -0.465 e. The molecule has 0 saturated heterocycles. The Labute approximate surface area is 115 Å². The molecule has 0 aliphatic heterocycles. The van der Waals surface area contributed by atoms with Crippen molar-refractivity contribution in [1.29, 1.82) is 0 Å². The molecule has 0 aromatic carbocycles. The Kier molecular flexibility index (Phi) is 3.32. The highest BCUT2D eigenvalue weighted by Crippen LogP contribution is 2.36. The lowest BCUT2D eigenvalue weighted by atomic mass is 9.91. The van der Waals surface area contributed by atoms with Gasteiger partial charge >= 0.3 is 5.97 Å². The lowest BCUT2D eigenvalue weighted by molar-refractivity contribution is 0.0603. The average Bonchev–Trinajstić information content (AvgIpc) is 2.92. The summed E-state index contributed by atoms with van der Waals surface area (Å²) in [5, 5.41) is 7.18. The molecule has 3 N–H and O–H groups in total. The van der Waals surface area contributed by atoms with Crippen LogP contribution in [0.3, 0.4) is 0 Å². The molecule has 0 spiro atoms. The zero-order valence-electron chi connectivity index (χ0n) is 11.3. The zero-order valence-corrected chi connectivity index (χ0v) is 12.1. The van der Waals surface area contributed by atoms with Gasteiger partial charge in [-0.15, -0.1) is 11.3 Å². The van der Waals surface area contributed by atoms with Crippen molar-refractivity contribution in [1.82, 2.24) is 15.2 Å². The summed E-state index contributed by atoms with van der Waals surface area (Å²) in [5.74, 6) is 0.0568. The van der Waals surface area contributed by atoms with Gasteiger partial charge in [0.25, 0.3) is 0 Å². The number of aromatic nitrogens is 3. The molecule has 0 aliphatic carbocycles. The predicted molar refractivity (Wildman–Crippen MR) is 74.1 cm³/mol. The quantitative estimate of drug-likeness (QED) is 0.822. The lowest BCUT2D eigenvalue weighted by Crippen LogP contribution is -2.16. The number of hydrogen-bond donors (Lipinski definition) is 2. The number of H-pyrrole nitrogens is 1. The first-order valence-corrected chi connectivity index (χ1v) is 6.55. The van der Waals surface area contributed by atoms with Crippen LogP contribution in [-0.2, 0) is 10.2 Å². The molecule has 0 aliphatic rings. The highest BCUT2D eigenvalue weighted by atomic mass is 32.1. The van der Waals surface area contributed by atoms with Crippen LogP contribution >= 0.6 is 11.3 Å². The number of ether oxygens (including phenoxy) is 1. The highest BCUT2D eigenvalue weighted by Gasteiger charge is 2.28. The molecule has 102 valence electrons. The molecular weight excluding hydrogens is 264 g/mol. The van der Waals surface area contributed by atoms with Crippen molar-refractivity contribution in [3.8, 4) is 10.6 Å². The van der Waals surface area contributed by atoms with Gasteiger partial charge in [0.1, 0.15) is 15.7 Å². The zero-order chi connectivity index (χ0) is 14.2. The molecule has 0 atom stereocenters. The molecule has 0 saturated carbocycles. The third-order valence-corrected chi connectivity index (χ3v) is 3.68. The van der Waals surface area contributed by atoms with Gasteiger partial charge in [0.15, 0.2) is 0 Å². The van der Waals surface area contributed by atoms with E-state index in [1.165, 1.54) is 18.4 Å². The summed E-state index contributed by atoms with van der Waals surface area (Å²) in [6.07, 6.45) is 1.60. The van der Waals surface area contributed by atoms with E-state index in [1.54, 1.807) is 6.20 Å². The third kappa shape index (κ3) is 2.46. The van der Waals surface area contributed by atoms with E-state index in [9.17, 15) is 4.79 Å². The molecule has 0 fully saturated rings. The molecule has 19 heavy (non-hydrogen) atoms. The van der Waals surface area contributed by atoms with Crippen LogP contribution < -0.4 is 5.73 Å². The molecule has 0 bridgehead atoms. The summed E-state index contributed by atoms with van der Waals surface area (Å²) >= 11 is 1.27. The Morgan fingerprint density at radius 3 is 2.63 bits per heavy atom. The SMILES string of the molecule is COC(=O)c1sc(-c2cn[nH]c2N)nc1C(C)(C)C. The van der Waals surface area contributed by atoms with Crippen molar-refractivity contribution >= 4 is 23.1 Å². The van der Waals surface area contributed by atoms with E-state index in [0.29, 0.717) is 27.0 Å². The van der Waals surface area contributed by atoms with E-state index < -0.39 is 0 Å². The number of carbonyl (C=O) groups excluding carboxylic acids is 1. The standard InChI is InChI=1S/C12H16N4O2S/c1-12(2,3)8-7(11(17)18-4)19-10(15-8)6-5-14-16-9(6)13/h5H,1-4H3,(H3,13,14,16). The minimum absolute atomic E-state index is 0.253. The number of nitrogens with zero attached hydrogens (tertiary/aromatic N) is 2. The molecule has 6 nitrogen and oxygen atoms in total. The summed E-state index contributed by atoms with van der Waals surface area (Å²) in [6.45, 7) is 5.99. The maximum absolute atomic E-state index is 11.8. The number of nitrogen functional groups attached to an aromatic ring is 1. The number of nitrogens with one attached hydrogen (secondary N) is 1. The summed E-state index contributed by atoms with van der Waals surface area (Å²) in [6, 6.07) is 0. The molecule has 2 rings (SSSR count). The monoisotopic (exact) mass is 280 g/mol. The molecule has 0 amide bonds. The van der Waals surface area contributed by atoms with E-state index in [4.69, 9.17) is 10.5 Å². The largest absolute Gasteiger partial charge is 0.465 e. The van der Waals surface area contributed by atoms with E-state index in [-0.39, 0.29) is 11.4 Å². The van der Waals surface area contributed by atoms with Crippen molar-refractivity contribution < 1.29 is 9.53 Å². The van der Waals surface area contributed by atoms with Gasteiger partial charge in [0.2, 0.25) is 0 Å². The third-order valence-electron chi connectivity index (χ3n) is 2.61. The fraction of sp³-hybridized carbons (Fsp3) is 0.417. The Morgan fingerprint density at radius 1 is 1.47 bits per heavy atom. The fourth-order valence-corrected chi connectivity index (χ4v) is 2.86. The fourth-order valence-electron chi connectivity index (χ4n) is 1.64. The number of nitrogens with two attached hydrogens (primary N) is 1. The van der Waals surface area contributed by atoms with Crippen molar-refractivity contribution in [2.24, 2.45) is 0 Å². The smallest absolute Gasteiger partial charge is 0.350 e. The number of hydrogen-bond acceptors (Lipinski definition) is 6. The summed E-state index contributed by atoms with van der Waals surface area (Å²) in [7, 11) is 1.36. The molecular formula is C12H16N4O2S. The van der Waals surface area contributed by atoms with Gasteiger partial charge in [0, 0.05) is 5.41 Å². The number of carbonyl (C=O) groups is 1. The number of rotatable bonds is 2. The van der Waals surface area contributed by atoms with Crippen LogP contribution in [0, 0.1) is 0 Å². The Hall–Kier alpha value is -1.89. The van der Waals surface area contributed by atoms with E-state index in [0.717, 1.165) is 0 Å². The van der Waals surface area contributed by atoms with Crippen molar-refractivity contribution in [3.63, 3.8) is 0 Å². The van der Waals surface area contributed by atoms with Crippen LogP contribution in [-0.4, -0.2) is 28.3 Å². The van der Waals surface area contributed by atoms with Gasteiger partial charge in [-0.3, -0.25) is 5.10 Å². The highest BCUT2D eigenvalue weighted by molar-refractivity contribution is 7.17. The van der Waals surface area contributed by atoms with Gasteiger partial charge in [-0.1, -0.05) is 20.8 Å². The molecule has 0 unspecified atom stereocenters. The predicted octanol–water partition coefficient (Wildman–Crippen LogP) is 2.20. The van der Waals surface area contributed by atoms with Crippen LogP contribution in [0.25, 0.3) is 10.6 Å². The molecule has 0 radical (unpaired) electrons. The van der Waals surface area contributed by atoms with Gasteiger partial charge in [-0.25, -0.2) is 9.78 Å². The van der Waals surface area contributed by atoms with Crippen molar-refractivity contribution in [2.45, 2.75) is 26.2 Å². The number of methoxy groups -OCH3 is 1. The van der Waals surface area contributed by atoms with Crippen LogP contribution in [0.15, 0.2) is 6.20 Å². The topological polar surface area (TPSA) is 93.9 Å². The van der Waals surface area contributed by atoms with Gasteiger partial charge in [-0.05, 0) is 0 Å². The molecule has 7 heteroatoms. The van der Waals surface area contributed by atoms with E-state index in [2.05, 4.69) is 15.2 Å². The normalized spacial score (nSPS) is 11.6. The van der Waals surface area contributed by atoms with Crippen LogP contribution in [0.4, 0.5) is 5.82 Å². The second-order valence-corrected chi connectivity index (χ2v) is 6.13. The maximum atomic E-state index is 11.8. The average molecular weight is 280 g/mol. The maximum Gasteiger partial charge on any atom is 0.350 e. The van der Waals surface area contributed by atoms with E-state index >= 15 is 0 Å². The second-order valence-electron chi connectivity index (χ2n) is 5.14. The first-order chi connectivity index (χ1) is 8.84. The first-order valence-electron chi connectivity index (χ1n) is 5.73. The van der Waals surface area contributed by atoms with Crippen LogP contribution in [0.2, 0.25) is 0 Å². The van der Waals surface area contributed by atoms with Gasteiger partial charge in [0.05, 0.1) is 24.6 Å². The number of anilines is 1. The Morgan fingerprint density at radius 2 is 2.16 bits per heavy atom. The van der Waals surface area contributed by atoms with Gasteiger partial charge in [-0.2, -0.15) is 5.10 Å². The minimum atomic E-state index is -0.379. The van der Waals surface area contributed by atoms with Gasteiger partial charge < -0.3 is 10.5 Å².